The summed E-state index contributed by atoms with van der Waals surface area (Å²) in [6, 6.07) is 9.02. The zero-order valence-electron chi connectivity index (χ0n) is 17.6. The molecule has 0 N–H and O–H groups in total. The van der Waals surface area contributed by atoms with E-state index in [-0.39, 0.29) is 5.78 Å². The molecule has 0 unspecified atom stereocenters. The van der Waals surface area contributed by atoms with Gasteiger partial charge in [0.15, 0.2) is 17.6 Å². The summed E-state index contributed by atoms with van der Waals surface area (Å²) < 4.78 is 21.1. The number of carbonyl (C=O) groups is 2. The first-order valence-corrected chi connectivity index (χ1v) is 9.10. The van der Waals surface area contributed by atoms with Crippen LogP contribution in [0.2, 0.25) is 0 Å². The lowest BCUT2D eigenvalue weighted by Gasteiger charge is -2.14. The highest BCUT2D eigenvalue weighted by molar-refractivity contribution is 6.02. The van der Waals surface area contributed by atoms with Crippen molar-refractivity contribution < 1.29 is 28.5 Å². The molecule has 0 saturated heterocycles. The maximum absolute atomic E-state index is 12.6. The van der Waals surface area contributed by atoms with Crippen LogP contribution in [0.1, 0.15) is 34.0 Å². The molecule has 6 nitrogen and oxygen atoms in total. The van der Waals surface area contributed by atoms with E-state index in [1.807, 2.05) is 26.0 Å². The summed E-state index contributed by atoms with van der Waals surface area (Å²) in [6.07, 6.45) is 1.92. The van der Waals surface area contributed by atoms with Crippen molar-refractivity contribution in [3.05, 3.63) is 58.7 Å². The number of aryl methyl sites for hydroxylation is 2. The molecule has 0 aliphatic rings. The summed E-state index contributed by atoms with van der Waals surface area (Å²) in [4.78, 5) is 24.8. The minimum absolute atomic E-state index is 0.235. The van der Waals surface area contributed by atoms with Crippen molar-refractivity contribution in [2.24, 2.45) is 0 Å². The predicted molar refractivity (Wildman–Crippen MR) is 111 cm³/mol. The second-order valence-corrected chi connectivity index (χ2v) is 6.55. The number of ketones is 1. The van der Waals surface area contributed by atoms with Gasteiger partial charge in [0, 0.05) is 11.6 Å². The van der Waals surface area contributed by atoms with E-state index in [1.54, 1.807) is 31.2 Å². The molecule has 2 aromatic carbocycles. The molecular weight excluding hydrogens is 372 g/mol. The van der Waals surface area contributed by atoms with Gasteiger partial charge in [-0.05, 0) is 56.2 Å². The van der Waals surface area contributed by atoms with Crippen LogP contribution in [0.15, 0.2) is 36.4 Å². The van der Waals surface area contributed by atoms with Gasteiger partial charge in [-0.1, -0.05) is 17.7 Å². The first-order chi connectivity index (χ1) is 13.8. The minimum Gasteiger partial charge on any atom is -0.493 e. The monoisotopic (exact) mass is 398 g/mol. The Hall–Kier alpha value is -3.28. The van der Waals surface area contributed by atoms with Gasteiger partial charge in [0.2, 0.25) is 11.5 Å². The van der Waals surface area contributed by atoms with E-state index < -0.39 is 12.1 Å². The molecule has 0 saturated carbocycles. The summed E-state index contributed by atoms with van der Waals surface area (Å²) in [5, 5.41) is 0. The molecule has 6 heteroatoms. The normalized spacial score (nSPS) is 11.8. The number of ether oxygens (including phenoxy) is 4. The van der Waals surface area contributed by atoms with Crippen LogP contribution in [-0.4, -0.2) is 39.2 Å². The van der Waals surface area contributed by atoms with E-state index in [0.717, 1.165) is 11.1 Å². The summed E-state index contributed by atoms with van der Waals surface area (Å²) in [6.45, 7) is 5.33. The van der Waals surface area contributed by atoms with Gasteiger partial charge < -0.3 is 18.9 Å². The minimum atomic E-state index is -0.896. The largest absolute Gasteiger partial charge is 0.493 e. The van der Waals surface area contributed by atoms with E-state index in [0.29, 0.717) is 28.4 Å². The molecular formula is C23H26O6. The first kappa shape index (κ1) is 22.0. The Morgan fingerprint density at radius 1 is 0.931 bits per heavy atom. The number of benzene rings is 2. The summed E-state index contributed by atoms with van der Waals surface area (Å²) >= 11 is 0. The van der Waals surface area contributed by atoms with Crippen molar-refractivity contribution in [1.82, 2.24) is 0 Å². The smallest absolute Gasteiger partial charge is 0.331 e. The van der Waals surface area contributed by atoms with Crippen LogP contribution >= 0.6 is 0 Å². The maximum Gasteiger partial charge on any atom is 0.331 e. The third-order valence-electron chi connectivity index (χ3n) is 4.42. The van der Waals surface area contributed by atoms with Crippen LogP contribution in [0.3, 0.4) is 0 Å². The van der Waals surface area contributed by atoms with E-state index in [2.05, 4.69) is 0 Å². The lowest BCUT2D eigenvalue weighted by molar-refractivity contribution is -0.140. The number of hydrogen-bond acceptors (Lipinski definition) is 6. The third kappa shape index (κ3) is 5.38. The number of Topliss-reactive ketones (excluding diaryl/α,β-unsaturated/α-hetero) is 1. The second kappa shape index (κ2) is 9.78. The Morgan fingerprint density at radius 2 is 1.55 bits per heavy atom. The SMILES string of the molecule is COc1cc(/C=C/C(=O)O[C@H](C)C(=O)c2cc(C)ccc2C)cc(OC)c1OC. The molecule has 0 aromatic heterocycles. The molecule has 2 rings (SSSR count). The zero-order valence-corrected chi connectivity index (χ0v) is 17.6. The van der Waals surface area contributed by atoms with Crippen molar-refractivity contribution in [3.8, 4) is 17.2 Å². The second-order valence-electron chi connectivity index (χ2n) is 6.55. The number of hydrogen-bond donors (Lipinski definition) is 0. The van der Waals surface area contributed by atoms with Gasteiger partial charge >= 0.3 is 5.97 Å². The quantitative estimate of drug-likeness (QED) is 0.378. The van der Waals surface area contributed by atoms with Gasteiger partial charge in [-0.15, -0.1) is 0 Å². The van der Waals surface area contributed by atoms with Crippen molar-refractivity contribution in [1.29, 1.82) is 0 Å². The van der Waals surface area contributed by atoms with Crippen LogP contribution < -0.4 is 14.2 Å². The Balaban J connectivity index is 2.13. The lowest BCUT2D eigenvalue weighted by Crippen LogP contribution is -2.24. The fourth-order valence-corrected chi connectivity index (χ4v) is 2.85. The molecule has 0 amide bonds. The van der Waals surface area contributed by atoms with E-state index in [1.165, 1.54) is 27.4 Å². The number of carbonyl (C=O) groups excluding carboxylic acids is 2. The van der Waals surface area contributed by atoms with Gasteiger partial charge in [-0.2, -0.15) is 0 Å². The lowest BCUT2D eigenvalue weighted by atomic mass is 9.99. The van der Waals surface area contributed by atoms with E-state index in [4.69, 9.17) is 18.9 Å². The van der Waals surface area contributed by atoms with Crippen molar-refractivity contribution in [3.63, 3.8) is 0 Å². The molecule has 0 spiro atoms. The standard InChI is InChI=1S/C23H26O6/c1-14-7-8-15(2)18(11-14)22(25)16(3)29-21(24)10-9-17-12-19(26-4)23(28-6)20(13-17)27-5/h7-13,16H,1-6H3/b10-9+/t16-/m1/s1. The van der Waals surface area contributed by atoms with Gasteiger partial charge in [0.25, 0.3) is 0 Å². The van der Waals surface area contributed by atoms with E-state index >= 15 is 0 Å². The summed E-state index contributed by atoms with van der Waals surface area (Å²) in [5.41, 5.74) is 3.03. The summed E-state index contributed by atoms with van der Waals surface area (Å²) in [5.74, 6) is 0.546. The van der Waals surface area contributed by atoms with Crippen LogP contribution in [0, 0.1) is 13.8 Å². The van der Waals surface area contributed by atoms with Gasteiger partial charge in [-0.25, -0.2) is 4.79 Å². The molecule has 0 heterocycles. The topological polar surface area (TPSA) is 71.1 Å². The molecule has 0 aliphatic heterocycles. The molecule has 0 aliphatic carbocycles. The average Bonchev–Trinajstić information content (AvgIpc) is 2.72. The molecule has 0 bridgehead atoms. The first-order valence-electron chi connectivity index (χ1n) is 9.10. The van der Waals surface area contributed by atoms with Crippen LogP contribution in [-0.2, 0) is 9.53 Å². The predicted octanol–water partition coefficient (Wildman–Crippen LogP) is 4.16. The van der Waals surface area contributed by atoms with Gasteiger partial charge in [0.1, 0.15) is 0 Å². The number of esters is 1. The highest BCUT2D eigenvalue weighted by Crippen LogP contribution is 2.38. The van der Waals surface area contributed by atoms with Gasteiger partial charge in [0.05, 0.1) is 21.3 Å². The number of rotatable bonds is 8. The Bertz CT molecular complexity index is 904. The molecule has 2 aromatic rings. The van der Waals surface area contributed by atoms with Crippen LogP contribution in [0.25, 0.3) is 6.08 Å². The summed E-state index contributed by atoms with van der Waals surface area (Å²) in [7, 11) is 4.54. The van der Waals surface area contributed by atoms with Gasteiger partial charge in [-0.3, -0.25) is 4.79 Å². The Labute approximate surface area is 171 Å². The molecule has 0 fully saturated rings. The molecule has 154 valence electrons. The fraction of sp³-hybridized carbons (Fsp3) is 0.304. The van der Waals surface area contributed by atoms with Crippen LogP contribution in [0.5, 0.6) is 17.2 Å². The van der Waals surface area contributed by atoms with Crippen LogP contribution in [0.4, 0.5) is 0 Å². The average molecular weight is 398 g/mol. The van der Waals surface area contributed by atoms with Crippen molar-refractivity contribution in [2.45, 2.75) is 26.9 Å². The van der Waals surface area contributed by atoms with Crippen molar-refractivity contribution >= 4 is 17.8 Å². The third-order valence-corrected chi connectivity index (χ3v) is 4.42. The maximum atomic E-state index is 12.6. The van der Waals surface area contributed by atoms with Crippen molar-refractivity contribution in [2.75, 3.05) is 21.3 Å². The zero-order chi connectivity index (χ0) is 21.6. The number of methoxy groups -OCH3 is 3. The molecule has 0 radical (unpaired) electrons. The highest BCUT2D eigenvalue weighted by atomic mass is 16.5. The van der Waals surface area contributed by atoms with E-state index in [9.17, 15) is 9.59 Å². The molecule has 1 atom stereocenters. The fourth-order valence-electron chi connectivity index (χ4n) is 2.85. The highest BCUT2D eigenvalue weighted by Gasteiger charge is 2.20. The molecule has 29 heavy (non-hydrogen) atoms. The Kier molecular flexibility index (Phi) is 7.42. The Morgan fingerprint density at radius 3 is 2.10 bits per heavy atom.